The fraction of sp³-hybridized carbons (Fsp3) is 0.533. The normalized spacial score (nSPS) is 23.0. The molecule has 1 aromatic carbocycles. The molecule has 0 radical (unpaired) electrons. The van der Waals surface area contributed by atoms with E-state index in [0.29, 0.717) is 41.2 Å². The van der Waals surface area contributed by atoms with Gasteiger partial charge in [-0.15, -0.1) is 0 Å². The first-order valence-electron chi connectivity index (χ1n) is 7.11. The quantitative estimate of drug-likeness (QED) is 0.892. The summed E-state index contributed by atoms with van der Waals surface area (Å²) >= 11 is 11.9. The van der Waals surface area contributed by atoms with Crippen LogP contribution in [-0.4, -0.2) is 41.7 Å². The van der Waals surface area contributed by atoms with Crippen molar-refractivity contribution in [3.63, 3.8) is 0 Å². The smallest absolute Gasteiger partial charge is 0.225 e. The van der Waals surface area contributed by atoms with Gasteiger partial charge in [0, 0.05) is 24.5 Å². The minimum absolute atomic E-state index is 0.104. The topological polar surface area (TPSA) is 52.6 Å². The molecule has 2 rings (SSSR count). The van der Waals surface area contributed by atoms with Gasteiger partial charge in [-0.05, 0) is 37.1 Å². The molecule has 0 bridgehead atoms. The number of aliphatic hydroxyl groups is 1. The number of likely N-dealkylation sites (tertiary alicyclic amines) is 1. The third-order valence-corrected chi connectivity index (χ3v) is 4.43. The summed E-state index contributed by atoms with van der Waals surface area (Å²) < 4.78 is 0. The Labute approximate surface area is 135 Å². The minimum Gasteiger partial charge on any atom is -0.392 e. The number of anilines is 1. The summed E-state index contributed by atoms with van der Waals surface area (Å²) in [6.45, 7) is 4.24. The first kappa shape index (κ1) is 16.6. The molecule has 1 fully saturated rings. The SMILES string of the molecule is CC1CCN(CCC(=O)Nc2cc(Cl)ccc2Cl)CC1O. The molecule has 1 aliphatic heterocycles. The molecular formula is C15H20Cl2N2O2. The first-order valence-corrected chi connectivity index (χ1v) is 7.86. The number of halogens is 2. The molecule has 4 nitrogen and oxygen atoms in total. The van der Waals surface area contributed by atoms with E-state index in [2.05, 4.69) is 17.1 Å². The van der Waals surface area contributed by atoms with Crippen LogP contribution in [0.4, 0.5) is 5.69 Å². The maximum atomic E-state index is 12.0. The van der Waals surface area contributed by atoms with Crippen LogP contribution in [0, 0.1) is 5.92 Å². The van der Waals surface area contributed by atoms with E-state index >= 15 is 0 Å². The Kier molecular flexibility index (Phi) is 5.88. The van der Waals surface area contributed by atoms with Gasteiger partial charge >= 0.3 is 0 Å². The highest BCUT2D eigenvalue weighted by Gasteiger charge is 2.24. The number of hydrogen-bond donors (Lipinski definition) is 2. The average Bonchev–Trinajstić information content (AvgIpc) is 2.44. The highest BCUT2D eigenvalue weighted by atomic mass is 35.5. The molecule has 2 unspecified atom stereocenters. The molecule has 0 aliphatic carbocycles. The van der Waals surface area contributed by atoms with Gasteiger partial charge in [-0.1, -0.05) is 30.1 Å². The summed E-state index contributed by atoms with van der Waals surface area (Å²) in [5, 5.41) is 13.6. The zero-order chi connectivity index (χ0) is 15.4. The maximum absolute atomic E-state index is 12.0. The Morgan fingerprint density at radius 1 is 1.48 bits per heavy atom. The molecular weight excluding hydrogens is 311 g/mol. The van der Waals surface area contributed by atoms with Crippen LogP contribution in [0.15, 0.2) is 18.2 Å². The van der Waals surface area contributed by atoms with Gasteiger partial charge in [0.05, 0.1) is 16.8 Å². The van der Waals surface area contributed by atoms with E-state index in [1.165, 1.54) is 0 Å². The Balaban J connectivity index is 1.81. The van der Waals surface area contributed by atoms with Crippen molar-refractivity contribution in [2.75, 3.05) is 25.0 Å². The number of carbonyl (C=O) groups excluding carboxylic acids is 1. The molecule has 0 saturated carbocycles. The van der Waals surface area contributed by atoms with Crippen LogP contribution in [0.1, 0.15) is 19.8 Å². The second-order valence-corrected chi connectivity index (χ2v) is 6.40. The number of aliphatic hydroxyl groups excluding tert-OH is 1. The number of nitrogens with one attached hydrogen (secondary N) is 1. The van der Waals surface area contributed by atoms with Crippen LogP contribution in [0.3, 0.4) is 0 Å². The summed E-state index contributed by atoms with van der Waals surface area (Å²) in [5.74, 6) is 0.229. The average molecular weight is 331 g/mol. The third kappa shape index (κ3) is 4.85. The zero-order valence-electron chi connectivity index (χ0n) is 12.0. The largest absolute Gasteiger partial charge is 0.392 e. The number of carbonyl (C=O) groups is 1. The predicted octanol–water partition coefficient (Wildman–Crippen LogP) is 3.02. The Morgan fingerprint density at radius 2 is 2.24 bits per heavy atom. The standard InChI is InChI=1S/C15H20Cl2N2O2/c1-10-4-6-19(9-14(10)20)7-5-15(21)18-13-8-11(16)2-3-12(13)17/h2-3,8,10,14,20H,4-7,9H2,1H3,(H,18,21). The maximum Gasteiger partial charge on any atom is 0.225 e. The molecule has 2 atom stereocenters. The first-order chi connectivity index (χ1) is 9.95. The summed E-state index contributed by atoms with van der Waals surface area (Å²) in [5.41, 5.74) is 0.529. The van der Waals surface area contributed by atoms with Crippen molar-refractivity contribution in [3.8, 4) is 0 Å². The Hall–Kier alpha value is -0.810. The van der Waals surface area contributed by atoms with Crippen molar-refractivity contribution in [2.24, 2.45) is 5.92 Å². The van der Waals surface area contributed by atoms with Crippen molar-refractivity contribution < 1.29 is 9.90 Å². The highest BCUT2D eigenvalue weighted by molar-refractivity contribution is 6.35. The summed E-state index contributed by atoms with van der Waals surface area (Å²) in [4.78, 5) is 14.1. The molecule has 21 heavy (non-hydrogen) atoms. The van der Waals surface area contributed by atoms with Crippen LogP contribution in [0.25, 0.3) is 0 Å². The molecule has 6 heteroatoms. The van der Waals surface area contributed by atoms with E-state index in [1.807, 2.05) is 0 Å². The Morgan fingerprint density at radius 3 is 2.95 bits per heavy atom. The van der Waals surface area contributed by atoms with E-state index in [9.17, 15) is 9.90 Å². The highest BCUT2D eigenvalue weighted by Crippen LogP contribution is 2.25. The molecule has 2 N–H and O–H groups in total. The number of amides is 1. The second kappa shape index (κ2) is 7.45. The molecule has 0 aromatic heterocycles. The number of piperidine rings is 1. The lowest BCUT2D eigenvalue weighted by Gasteiger charge is -2.34. The van der Waals surface area contributed by atoms with Gasteiger partial charge in [0.1, 0.15) is 0 Å². The molecule has 1 saturated heterocycles. The molecule has 1 aliphatic rings. The third-order valence-electron chi connectivity index (χ3n) is 3.86. The zero-order valence-corrected chi connectivity index (χ0v) is 13.5. The number of β-amino-alcohol motifs (C(OH)–C–C–N with tert-alkyl or cyclic N) is 1. The molecule has 116 valence electrons. The molecule has 1 aromatic rings. The van der Waals surface area contributed by atoms with E-state index < -0.39 is 0 Å². The fourth-order valence-corrected chi connectivity index (χ4v) is 2.72. The Bertz CT molecular complexity index is 510. The van der Waals surface area contributed by atoms with Gasteiger partial charge in [-0.3, -0.25) is 4.79 Å². The summed E-state index contributed by atoms with van der Waals surface area (Å²) in [6, 6.07) is 4.96. The lowest BCUT2D eigenvalue weighted by atomic mass is 9.96. The molecule has 1 heterocycles. The minimum atomic E-state index is -0.302. The van der Waals surface area contributed by atoms with Gasteiger partial charge in [-0.25, -0.2) is 0 Å². The van der Waals surface area contributed by atoms with Gasteiger partial charge in [0.15, 0.2) is 0 Å². The van der Waals surface area contributed by atoms with Gasteiger partial charge in [-0.2, -0.15) is 0 Å². The van der Waals surface area contributed by atoms with Crippen molar-refractivity contribution in [1.82, 2.24) is 4.90 Å². The van der Waals surface area contributed by atoms with Crippen LogP contribution in [-0.2, 0) is 4.79 Å². The van der Waals surface area contributed by atoms with E-state index in [1.54, 1.807) is 18.2 Å². The number of hydrogen-bond acceptors (Lipinski definition) is 3. The van der Waals surface area contributed by atoms with Crippen molar-refractivity contribution in [2.45, 2.75) is 25.9 Å². The number of nitrogens with zero attached hydrogens (tertiary/aromatic N) is 1. The lowest BCUT2D eigenvalue weighted by Crippen LogP contribution is -2.43. The van der Waals surface area contributed by atoms with Crippen molar-refractivity contribution in [1.29, 1.82) is 0 Å². The van der Waals surface area contributed by atoms with Gasteiger partial charge in [0.2, 0.25) is 5.91 Å². The second-order valence-electron chi connectivity index (χ2n) is 5.56. The van der Waals surface area contributed by atoms with E-state index in [-0.39, 0.29) is 12.0 Å². The number of benzene rings is 1. The van der Waals surface area contributed by atoms with E-state index in [0.717, 1.165) is 13.0 Å². The van der Waals surface area contributed by atoms with Gasteiger partial charge < -0.3 is 15.3 Å². The molecule has 0 spiro atoms. The van der Waals surface area contributed by atoms with E-state index in [4.69, 9.17) is 23.2 Å². The van der Waals surface area contributed by atoms with Crippen LogP contribution in [0.5, 0.6) is 0 Å². The van der Waals surface area contributed by atoms with Crippen LogP contribution >= 0.6 is 23.2 Å². The van der Waals surface area contributed by atoms with Crippen molar-refractivity contribution in [3.05, 3.63) is 28.2 Å². The van der Waals surface area contributed by atoms with Crippen LogP contribution < -0.4 is 5.32 Å². The van der Waals surface area contributed by atoms with Crippen molar-refractivity contribution >= 4 is 34.8 Å². The van der Waals surface area contributed by atoms with Crippen LogP contribution in [0.2, 0.25) is 10.0 Å². The lowest BCUT2D eigenvalue weighted by molar-refractivity contribution is -0.116. The van der Waals surface area contributed by atoms with Gasteiger partial charge in [0.25, 0.3) is 0 Å². The summed E-state index contributed by atoms with van der Waals surface area (Å²) in [6.07, 6.45) is 1.02. The summed E-state index contributed by atoms with van der Waals surface area (Å²) in [7, 11) is 0. The number of rotatable bonds is 4. The monoisotopic (exact) mass is 330 g/mol. The molecule has 1 amide bonds. The fourth-order valence-electron chi connectivity index (χ4n) is 2.38. The predicted molar refractivity (Wildman–Crippen MR) is 85.9 cm³/mol.